The smallest absolute Gasteiger partial charge is 0.306 e. The third-order valence-corrected chi connectivity index (χ3v) is 5.09. The van der Waals surface area contributed by atoms with Gasteiger partial charge in [-0.2, -0.15) is 0 Å². The Labute approximate surface area is 150 Å². The Bertz CT molecular complexity index is 897. The second kappa shape index (κ2) is 7.57. The van der Waals surface area contributed by atoms with E-state index in [1.165, 1.54) is 11.3 Å². The van der Waals surface area contributed by atoms with E-state index in [2.05, 4.69) is 4.98 Å². The van der Waals surface area contributed by atoms with Crippen LogP contribution in [0.15, 0.2) is 42.5 Å². The Morgan fingerprint density at radius 1 is 1.04 bits per heavy atom. The van der Waals surface area contributed by atoms with Crippen molar-refractivity contribution in [2.75, 3.05) is 0 Å². The summed E-state index contributed by atoms with van der Waals surface area (Å²) in [6.07, 6.45) is 0.234. The van der Waals surface area contributed by atoms with Gasteiger partial charge in [0.1, 0.15) is 11.6 Å². The van der Waals surface area contributed by atoms with Crippen LogP contribution >= 0.6 is 11.3 Å². The van der Waals surface area contributed by atoms with Gasteiger partial charge in [-0.1, -0.05) is 24.3 Å². The molecule has 1 aromatic heterocycles. The summed E-state index contributed by atoms with van der Waals surface area (Å²) in [6.45, 7) is 4.12. The lowest BCUT2D eigenvalue weighted by Crippen LogP contribution is -2.08. The molecular weight excluding hydrogens is 334 g/mol. The van der Waals surface area contributed by atoms with Crippen molar-refractivity contribution in [3.05, 3.63) is 64.2 Å². The molecule has 2 aromatic carbocycles. The van der Waals surface area contributed by atoms with Gasteiger partial charge in [-0.05, 0) is 43.2 Å². The highest BCUT2D eigenvalue weighted by Gasteiger charge is 2.12. The molecule has 0 N–H and O–H groups in total. The number of para-hydroxylation sites is 1. The van der Waals surface area contributed by atoms with Crippen molar-refractivity contribution in [1.82, 2.24) is 4.98 Å². The molecule has 0 atom stereocenters. The lowest BCUT2D eigenvalue weighted by Gasteiger charge is -2.05. The van der Waals surface area contributed by atoms with Crippen LogP contribution in [-0.4, -0.2) is 16.7 Å². The summed E-state index contributed by atoms with van der Waals surface area (Å²) < 4.78 is 6.31. The van der Waals surface area contributed by atoms with Gasteiger partial charge < -0.3 is 4.74 Å². The van der Waals surface area contributed by atoms with Gasteiger partial charge >= 0.3 is 5.97 Å². The lowest BCUT2D eigenvalue weighted by atomic mass is 10.0. The summed E-state index contributed by atoms with van der Waals surface area (Å²) in [5, 5.41) is 0.759. The first-order valence-electron chi connectivity index (χ1n) is 8.13. The molecule has 0 unspecified atom stereocenters. The number of carbonyl (C=O) groups excluding carboxylic acids is 2. The van der Waals surface area contributed by atoms with Gasteiger partial charge in [0, 0.05) is 12.0 Å². The number of aromatic nitrogens is 1. The number of ether oxygens (including phenoxy) is 1. The fourth-order valence-corrected chi connectivity index (χ4v) is 3.35. The van der Waals surface area contributed by atoms with Crippen molar-refractivity contribution in [1.29, 1.82) is 0 Å². The van der Waals surface area contributed by atoms with E-state index in [-0.39, 0.29) is 31.2 Å². The molecule has 0 aliphatic carbocycles. The Balaban J connectivity index is 1.50. The van der Waals surface area contributed by atoms with Crippen LogP contribution in [0.3, 0.4) is 0 Å². The average molecular weight is 353 g/mol. The first kappa shape index (κ1) is 17.3. The van der Waals surface area contributed by atoms with Crippen LogP contribution in [0, 0.1) is 13.8 Å². The van der Waals surface area contributed by atoms with E-state index in [1.807, 2.05) is 50.2 Å². The molecule has 3 aromatic rings. The molecule has 4 nitrogen and oxygen atoms in total. The lowest BCUT2D eigenvalue weighted by molar-refractivity contribution is -0.144. The van der Waals surface area contributed by atoms with Crippen molar-refractivity contribution < 1.29 is 14.3 Å². The number of thiazole rings is 1. The Morgan fingerprint density at radius 3 is 2.60 bits per heavy atom. The minimum Gasteiger partial charge on any atom is -0.458 e. The molecule has 0 amide bonds. The van der Waals surface area contributed by atoms with Gasteiger partial charge in [0.25, 0.3) is 0 Å². The molecule has 0 fully saturated rings. The number of ketones is 1. The van der Waals surface area contributed by atoms with Crippen molar-refractivity contribution >= 4 is 33.3 Å². The molecule has 0 spiro atoms. The summed E-state index contributed by atoms with van der Waals surface area (Å²) in [4.78, 5) is 28.5. The van der Waals surface area contributed by atoms with Crippen molar-refractivity contribution in [2.45, 2.75) is 33.3 Å². The van der Waals surface area contributed by atoms with Crippen molar-refractivity contribution in [2.24, 2.45) is 0 Å². The first-order valence-corrected chi connectivity index (χ1v) is 8.95. The second-order valence-electron chi connectivity index (χ2n) is 5.96. The molecule has 0 aliphatic rings. The molecular formula is C20H19NO3S. The van der Waals surface area contributed by atoms with Crippen molar-refractivity contribution in [3.63, 3.8) is 0 Å². The molecule has 0 radical (unpaired) electrons. The fraction of sp³-hybridized carbons (Fsp3) is 0.250. The number of esters is 1. The molecule has 0 saturated heterocycles. The van der Waals surface area contributed by atoms with Crippen LogP contribution in [0.25, 0.3) is 10.2 Å². The third-order valence-electron chi connectivity index (χ3n) is 4.08. The van der Waals surface area contributed by atoms with E-state index in [1.54, 1.807) is 6.07 Å². The van der Waals surface area contributed by atoms with Gasteiger partial charge in [0.15, 0.2) is 5.78 Å². The molecule has 3 rings (SSSR count). The maximum Gasteiger partial charge on any atom is 0.306 e. The zero-order valence-electron chi connectivity index (χ0n) is 14.2. The van der Waals surface area contributed by atoms with E-state index in [9.17, 15) is 9.59 Å². The largest absolute Gasteiger partial charge is 0.458 e. The molecule has 0 saturated carbocycles. The monoisotopic (exact) mass is 353 g/mol. The minimum atomic E-state index is -0.378. The van der Waals surface area contributed by atoms with E-state index < -0.39 is 0 Å². The van der Waals surface area contributed by atoms with E-state index >= 15 is 0 Å². The van der Waals surface area contributed by atoms with Crippen LogP contribution in [-0.2, 0) is 16.1 Å². The predicted molar refractivity (Wildman–Crippen MR) is 98.9 cm³/mol. The molecule has 0 bridgehead atoms. The number of nitrogens with zero attached hydrogens (tertiary/aromatic N) is 1. The number of fused-ring (bicyclic) bond motifs is 1. The van der Waals surface area contributed by atoms with Gasteiger partial charge in [0.2, 0.25) is 0 Å². The summed E-state index contributed by atoms with van der Waals surface area (Å²) in [6, 6.07) is 13.4. The number of Topliss-reactive ketones (excluding diaryl/α,β-unsaturated/α-hetero) is 1. The molecule has 1 heterocycles. The van der Waals surface area contributed by atoms with E-state index in [0.717, 1.165) is 26.4 Å². The van der Waals surface area contributed by atoms with Crippen LogP contribution in [0.5, 0.6) is 0 Å². The summed E-state index contributed by atoms with van der Waals surface area (Å²) in [5.41, 5.74) is 3.77. The molecule has 5 heteroatoms. The van der Waals surface area contributed by atoms with Crippen molar-refractivity contribution in [3.8, 4) is 0 Å². The van der Waals surface area contributed by atoms with Gasteiger partial charge in [0.05, 0.1) is 16.6 Å². The SMILES string of the molecule is Cc1ccc(C(=O)CCC(=O)OCc2nc3ccccc3s2)cc1C. The average Bonchev–Trinajstić information content (AvgIpc) is 3.03. The maximum atomic E-state index is 12.2. The highest BCUT2D eigenvalue weighted by molar-refractivity contribution is 7.18. The van der Waals surface area contributed by atoms with Crippen LogP contribution in [0.4, 0.5) is 0 Å². The van der Waals surface area contributed by atoms with Crippen LogP contribution in [0.2, 0.25) is 0 Å². The summed E-state index contributed by atoms with van der Waals surface area (Å²) in [5.74, 6) is -0.420. The first-order chi connectivity index (χ1) is 12.0. The van der Waals surface area contributed by atoms with Gasteiger partial charge in [-0.25, -0.2) is 4.98 Å². The summed E-state index contributed by atoms with van der Waals surface area (Å²) in [7, 11) is 0. The molecule has 25 heavy (non-hydrogen) atoms. The third kappa shape index (κ3) is 4.31. The Morgan fingerprint density at radius 2 is 1.84 bits per heavy atom. The quantitative estimate of drug-likeness (QED) is 0.479. The summed E-state index contributed by atoms with van der Waals surface area (Å²) >= 11 is 1.51. The number of rotatable bonds is 6. The van der Waals surface area contributed by atoms with Gasteiger partial charge in [-0.3, -0.25) is 9.59 Å². The van der Waals surface area contributed by atoms with E-state index in [4.69, 9.17) is 4.74 Å². The van der Waals surface area contributed by atoms with Crippen LogP contribution in [0.1, 0.15) is 39.3 Å². The number of hydrogen-bond donors (Lipinski definition) is 0. The predicted octanol–water partition coefficient (Wildman–Crippen LogP) is 4.62. The normalized spacial score (nSPS) is 10.8. The highest BCUT2D eigenvalue weighted by atomic mass is 32.1. The number of benzene rings is 2. The zero-order valence-corrected chi connectivity index (χ0v) is 15.1. The number of hydrogen-bond acceptors (Lipinski definition) is 5. The van der Waals surface area contributed by atoms with Gasteiger partial charge in [-0.15, -0.1) is 11.3 Å². The zero-order chi connectivity index (χ0) is 17.8. The van der Waals surface area contributed by atoms with Crippen LogP contribution < -0.4 is 0 Å². The Hall–Kier alpha value is -2.53. The highest BCUT2D eigenvalue weighted by Crippen LogP contribution is 2.22. The Kier molecular flexibility index (Phi) is 5.24. The maximum absolute atomic E-state index is 12.2. The molecule has 128 valence electrons. The topological polar surface area (TPSA) is 56.3 Å². The fourth-order valence-electron chi connectivity index (χ4n) is 2.47. The second-order valence-corrected chi connectivity index (χ2v) is 7.07. The number of aryl methyl sites for hydroxylation is 2. The minimum absolute atomic E-state index is 0.0416. The standard InChI is InChI=1S/C20H19NO3S/c1-13-7-8-15(11-14(13)2)17(22)9-10-20(23)24-12-19-21-16-5-3-4-6-18(16)25-19/h3-8,11H,9-10,12H2,1-2H3. The van der Waals surface area contributed by atoms with E-state index in [0.29, 0.717) is 5.56 Å². The number of carbonyl (C=O) groups is 2. The molecule has 0 aliphatic heterocycles.